The Morgan fingerprint density at radius 3 is 2.88 bits per heavy atom. The Morgan fingerprint density at radius 1 is 1.35 bits per heavy atom. The minimum absolute atomic E-state index is 0.127. The predicted octanol–water partition coefficient (Wildman–Crippen LogP) is 4.01. The summed E-state index contributed by atoms with van der Waals surface area (Å²) in [4.78, 5) is 11.9. The van der Waals surface area contributed by atoms with Gasteiger partial charge >= 0.3 is 0 Å². The molecule has 0 radical (unpaired) electrons. The van der Waals surface area contributed by atoms with Crippen LogP contribution in [0.15, 0.2) is 35.0 Å². The van der Waals surface area contributed by atoms with E-state index in [0.29, 0.717) is 18.4 Å². The molecule has 1 nitrogen and oxygen atoms in total. The van der Waals surface area contributed by atoms with Crippen molar-refractivity contribution in [2.24, 2.45) is 0 Å². The third kappa shape index (κ3) is 2.80. The molecule has 0 aliphatic heterocycles. The van der Waals surface area contributed by atoms with Crippen LogP contribution >= 0.6 is 11.3 Å². The molecular weight excluding hydrogens is 235 g/mol. The highest BCUT2D eigenvalue weighted by Crippen LogP contribution is 2.16. The lowest BCUT2D eigenvalue weighted by Gasteiger charge is -2.04. The quantitative estimate of drug-likeness (QED) is 0.747. The minimum Gasteiger partial charge on any atom is -0.294 e. The fourth-order valence-corrected chi connectivity index (χ4v) is 2.39. The van der Waals surface area contributed by atoms with E-state index in [1.54, 1.807) is 36.5 Å². The van der Waals surface area contributed by atoms with Gasteiger partial charge in [0.1, 0.15) is 5.82 Å². The number of ketones is 1. The summed E-state index contributed by atoms with van der Waals surface area (Å²) in [5.74, 6) is -0.514. The van der Waals surface area contributed by atoms with Gasteiger partial charge in [-0.1, -0.05) is 12.1 Å². The molecule has 0 saturated heterocycles. The molecule has 0 N–H and O–H groups in total. The van der Waals surface area contributed by atoms with E-state index in [2.05, 4.69) is 0 Å². The van der Waals surface area contributed by atoms with Crippen molar-refractivity contribution in [1.82, 2.24) is 0 Å². The lowest BCUT2D eigenvalue weighted by atomic mass is 10.0. The molecule has 1 aromatic heterocycles. The van der Waals surface area contributed by atoms with Gasteiger partial charge in [0.05, 0.1) is 5.56 Å². The summed E-state index contributed by atoms with van der Waals surface area (Å²) in [6, 6.07) is 6.93. The van der Waals surface area contributed by atoms with Gasteiger partial charge in [0.2, 0.25) is 0 Å². The summed E-state index contributed by atoms with van der Waals surface area (Å²) in [6.07, 6.45) is 1.03. The number of benzene rings is 1. The van der Waals surface area contributed by atoms with Crippen molar-refractivity contribution < 1.29 is 9.18 Å². The molecule has 2 rings (SSSR count). The van der Waals surface area contributed by atoms with E-state index in [1.165, 1.54) is 0 Å². The van der Waals surface area contributed by atoms with Gasteiger partial charge in [-0.3, -0.25) is 4.79 Å². The van der Waals surface area contributed by atoms with Crippen LogP contribution < -0.4 is 0 Å². The third-order valence-corrected chi connectivity index (χ3v) is 3.45. The number of hydrogen-bond acceptors (Lipinski definition) is 2. The zero-order valence-corrected chi connectivity index (χ0v) is 10.4. The van der Waals surface area contributed by atoms with Crippen LogP contribution in [-0.2, 0) is 6.42 Å². The Kier molecular flexibility index (Phi) is 3.69. The highest BCUT2D eigenvalue weighted by atomic mass is 32.1. The van der Waals surface area contributed by atoms with Crippen LogP contribution in [0.3, 0.4) is 0 Å². The molecule has 0 aliphatic rings. The zero-order valence-electron chi connectivity index (χ0n) is 9.57. The number of carbonyl (C=O) groups is 1. The van der Waals surface area contributed by atoms with E-state index >= 15 is 0 Å². The number of rotatable bonds is 4. The minimum atomic E-state index is -0.386. The summed E-state index contributed by atoms with van der Waals surface area (Å²) in [5, 5.41) is 3.99. The first-order chi connectivity index (χ1) is 8.18. The highest BCUT2D eigenvalue weighted by molar-refractivity contribution is 7.07. The van der Waals surface area contributed by atoms with Gasteiger partial charge in [-0.15, -0.1) is 0 Å². The molecule has 0 saturated carbocycles. The topological polar surface area (TPSA) is 17.1 Å². The molecule has 0 amide bonds. The van der Waals surface area contributed by atoms with E-state index in [0.717, 1.165) is 5.56 Å². The third-order valence-electron chi connectivity index (χ3n) is 2.71. The van der Waals surface area contributed by atoms with E-state index in [9.17, 15) is 9.18 Å². The van der Waals surface area contributed by atoms with Gasteiger partial charge in [-0.05, 0) is 47.4 Å². The Morgan fingerprint density at radius 2 is 2.18 bits per heavy atom. The van der Waals surface area contributed by atoms with Crippen LogP contribution in [0.5, 0.6) is 0 Å². The molecule has 0 bridgehead atoms. The van der Waals surface area contributed by atoms with E-state index < -0.39 is 0 Å². The molecule has 0 aliphatic carbocycles. The average Bonchev–Trinajstić information content (AvgIpc) is 2.82. The predicted molar refractivity (Wildman–Crippen MR) is 68.1 cm³/mol. The van der Waals surface area contributed by atoms with Crippen molar-refractivity contribution in [2.45, 2.75) is 19.8 Å². The number of thiophene rings is 1. The van der Waals surface area contributed by atoms with E-state index in [-0.39, 0.29) is 17.2 Å². The summed E-state index contributed by atoms with van der Waals surface area (Å²) in [7, 11) is 0. The summed E-state index contributed by atoms with van der Waals surface area (Å²) < 4.78 is 13.7. The molecule has 0 spiro atoms. The molecule has 3 heteroatoms. The van der Waals surface area contributed by atoms with Crippen molar-refractivity contribution in [3.8, 4) is 0 Å². The number of aryl methyl sites for hydroxylation is 2. The van der Waals surface area contributed by atoms with Crippen molar-refractivity contribution in [2.75, 3.05) is 0 Å². The van der Waals surface area contributed by atoms with E-state index in [1.807, 2.05) is 16.8 Å². The summed E-state index contributed by atoms with van der Waals surface area (Å²) in [6.45, 7) is 1.67. The maximum absolute atomic E-state index is 13.7. The summed E-state index contributed by atoms with van der Waals surface area (Å²) in [5.41, 5.74) is 1.86. The second-order valence-corrected chi connectivity index (χ2v) is 4.77. The summed E-state index contributed by atoms with van der Waals surface area (Å²) >= 11 is 1.61. The van der Waals surface area contributed by atoms with Gasteiger partial charge in [-0.25, -0.2) is 4.39 Å². The lowest BCUT2D eigenvalue weighted by Crippen LogP contribution is -2.04. The number of carbonyl (C=O) groups excluding carboxylic acids is 1. The van der Waals surface area contributed by atoms with Crippen LogP contribution in [0.25, 0.3) is 0 Å². The first-order valence-electron chi connectivity index (χ1n) is 5.48. The molecule has 0 atom stereocenters. The highest BCUT2D eigenvalue weighted by Gasteiger charge is 2.12. The average molecular weight is 248 g/mol. The molecule has 88 valence electrons. The van der Waals surface area contributed by atoms with Gasteiger partial charge in [0.15, 0.2) is 5.78 Å². The zero-order chi connectivity index (χ0) is 12.3. The normalized spacial score (nSPS) is 10.5. The smallest absolute Gasteiger partial charge is 0.166 e. The lowest BCUT2D eigenvalue weighted by molar-refractivity contribution is 0.0979. The molecule has 0 unspecified atom stereocenters. The first-order valence-corrected chi connectivity index (χ1v) is 6.42. The molecule has 1 aromatic carbocycles. The largest absolute Gasteiger partial charge is 0.294 e. The molecule has 1 heterocycles. The van der Waals surface area contributed by atoms with E-state index in [4.69, 9.17) is 0 Å². The Bertz CT molecular complexity index is 517. The molecule has 17 heavy (non-hydrogen) atoms. The second kappa shape index (κ2) is 5.23. The van der Waals surface area contributed by atoms with Crippen molar-refractivity contribution in [3.63, 3.8) is 0 Å². The van der Waals surface area contributed by atoms with Gasteiger partial charge in [-0.2, -0.15) is 11.3 Å². The van der Waals surface area contributed by atoms with Crippen LogP contribution in [0.1, 0.15) is 27.9 Å². The van der Waals surface area contributed by atoms with Crippen molar-refractivity contribution in [1.29, 1.82) is 0 Å². The monoisotopic (exact) mass is 248 g/mol. The van der Waals surface area contributed by atoms with Crippen LogP contribution in [0.4, 0.5) is 4.39 Å². The van der Waals surface area contributed by atoms with Crippen LogP contribution in [0.2, 0.25) is 0 Å². The van der Waals surface area contributed by atoms with Gasteiger partial charge < -0.3 is 0 Å². The maximum Gasteiger partial charge on any atom is 0.166 e. The maximum atomic E-state index is 13.7. The Balaban J connectivity index is 2.07. The number of hydrogen-bond donors (Lipinski definition) is 0. The van der Waals surface area contributed by atoms with Gasteiger partial charge in [0, 0.05) is 6.42 Å². The fraction of sp³-hybridized carbons (Fsp3) is 0.214. The second-order valence-electron chi connectivity index (χ2n) is 3.99. The first kappa shape index (κ1) is 12.0. The molecular formula is C14H13FOS. The SMILES string of the molecule is Cc1cccc(C(=O)CCc2ccsc2)c1F. The number of Topliss-reactive ketones (excluding diaryl/α,β-unsaturated/α-hetero) is 1. The Hall–Kier alpha value is -1.48. The van der Waals surface area contributed by atoms with Crippen LogP contribution in [0, 0.1) is 12.7 Å². The van der Waals surface area contributed by atoms with Crippen LogP contribution in [-0.4, -0.2) is 5.78 Å². The van der Waals surface area contributed by atoms with Crippen molar-refractivity contribution in [3.05, 3.63) is 57.5 Å². The number of halogens is 1. The van der Waals surface area contributed by atoms with Crippen molar-refractivity contribution >= 4 is 17.1 Å². The Labute approximate surface area is 104 Å². The molecule has 2 aromatic rings. The molecule has 0 fully saturated rings. The standard InChI is InChI=1S/C14H13FOS/c1-10-3-2-4-12(14(10)15)13(16)6-5-11-7-8-17-9-11/h2-4,7-9H,5-6H2,1H3. The van der Waals surface area contributed by atoms with Gasteiger partial charge in [0.25, 0.3) is 0 Å². The fourth-order valence-electron chi connectivity index (χ4n) is 1.69.